The molecule has 0 aliphatic heterocycles. The third kappa shape index (κ3) is 6.26. The Hall–Kier alpha value is -4.60. The molecular formula is C25H19F3N4O3. The minimum absolute atomic E-state index is 0.0209. The molecule has 35 heavy (non-hydrogen) atoms. The van der Waals surface area contributed by atoms with E-state index in [9.17, 15) is 18.0 Å². The fourth-order valence-electron chi connectivity index (χ4n) is 3.09. The summed E-state index contributed by atoms with van der Waals surface area (Å²) in [4.78, 5) is 20.8. The highest BCUT2D eigenvalue weighted by molar-refractivity contribution is 5.99. The number of halogens is 3. The highest BCUT2D eigenvalue weighted by Gasteiger charge is 2.30. The molecule has 0 atom stereocenters. The van der Waals surface area contributed by atoms with Gasteiger partial charge in [-0.1, -0.05) is 6.07 Å². The lowest BCUT2D eigenvalue weighted by Crippen LogP contribution is -2.19. The van der Waals surface area contributed by atoms with Crippen LogP contribution in [-0.2, 0) is 6.18 Å². The SMILES string of the molecule is COc1ccc(-c2cncc(Oc3ccc(NC(=O)Nc4cccc(C(F)(F)F)c4)cc3)n2)cc1. The zero-order valence-corrected chi connectivity index (χ0v) is 18.3. The second kappa shape index (κ2) is 10.1. The van der Waals surface area contributed by atoms with Gasteiger partial charge in [0.1, 0.15) is 11.5 Å². The van der Waals surface area contributed by atoms with E-state index in [1.165, 1.54) is 18.3 Å². The van der Waals surface area contributed by atoms with Crippen molar-refractivity contribution >= 4 is 17.4 Å². The summed E-state index contributed by atoms with van der Waals surface area (Å²) in [7, 11) is 1.59. The van der Waals surface area contributed by atoms with Crippen LogP contribution < -0.4 is 20.1 Å². The predicted octanol–water partition coefficient (Wildman–Crippen LogP) is 6.61. The first-order chi connectivity index (χ1) is 16.8. The van der Waals surface area contributed by atoms with Crippen LogP contribution in [0.4, 0.5) is 29.3 Å². The van der Waals surface area contributed by atoms with Crippen LogP contribution in [0.15, 0.2) is 85.2 Å². The molecule has 1 heterocycles. The van der Waals surface area contributed by atoms with Gasteiger partial charge in [0.25, 0.3) is 0 Å². The minimum atomic E-state index is -4.50. The summed E-state index contributed by atoms with van der Waals surface area (Å²) in [5, 5.41) is 4.93. The summed E-state index contributed by atoms with van der Waals surface area (Å²) in [6.45, 7) is 0. The molecule has 10 heteroatoms. The van der Waals surface area contributed by atoms with Gasteiger partial charge in [-0.3, -0.25) is 4.98 Å². The van der Waals surface area contributed by atoms with Crippen LogP contribution in [0.3, 0.4) is 0 Å². The lowest BCUT2D eigenvalue weighted by atomic mass is 10.1. The van der Waals surface area contributed by atoms with Crippen molar-refractivity contribution in [3.8, 4) is 28.6 Å². The number of methoxy groups -OCH3 is 1. The molecule has 0 aliphatic carbocycles. The zero-order valence-electron chi connectivity index (χ0n) is 18.3. The maximum atomic E-state index is 12.8. The molecule has 4 rings (SSSR count). The smallest absolute Gasteiger partial charge is 0.416 e. The number of aromatic nitrogens is 2. The van der Waals surface area contributed by atoms with Crippen molar-refractivity contribution in [1.82, 2.24) is 9.97 Å². The third-order valence-corrected chi connectivity index (χ3v) is 4.78. The van der Waals surface area contributed by atoms with Gasteiger partial charge >= 0.3 is 12.2 Å². The van der Waals surface area contributed by atoms with Gasteiger partial charge < -0.3 is 20.1 Å². The molecule has 3 aromatic carbocycles. The number of carbonyl (C=O) groups is 1. The highest BCUT2D eigenvalue weighted by atomic mass is 19.4. The Morgan fingerprint density at radius 3 is 2.23 bits per heavy atom. The predicted molar refractivity (Wildman–Crippen MR) is 125 cm³/mol. The summed E-state index contributed by atoms with van der Waals surface area (Å²) in [5.74, 6) is 1.46. The Morgan fingerprint density at radius 2 is 1.54 bits per heavy atom. The summed E-state index contributed by atoms with van der Waals surface area (Å²) < 4.78 is 49.4. The molecule has 7 nitrogen and oxygen atoms in total. The van der Waals surface area contributed by atoms with Crippen molar-refractivity contribution in [3.05, 3.63) is 90.8 Å². The second-order valence-electron chi connectivity index (χ2n) is 7.26. The number of hydrogen-bond donors (Lipinski definition) is 2. The van der Waals surface area contributed by atoms with Crippen LogP contribution in [-0.4, -0.2) is 23.1 Å². The van der Waals surface area contributed by atoms with Gasteiger partial charge in [0, 0.05) is 16.9 Å². The number of urea groups is 1. The first-order valence-electron chi connectivity index (χ1n) is 10.3. The van der Waals surface area contributed by atoms with E-state index < -0.39 is 17.8 Å². The number of benzene rings is 3. The lowest BCUT2D eigenvalue weighted by molar-refractivity contribution is -0.137. The standard InChI is InChI=1S/C25H19F3N4O3/c1-34-20-9-5-16(6-10-20)22-14-29-15-23(32-22)35-21-11-7-18(8-12-21)30-24(33)31-19-4-2-3-17(13-19)25(26,27)28/h2-15H,1H3,(H2,30,31,33). The van der Waals surface area contributed by atoms with Gasteiger partial charge in [-0.2, -0.15) is 13.2 Å². The van der Waals surface area contributed by atoms with E-state index in [0.29, 0.717) is 17.1 Å². The van der Waals surface area contributed by atoms with Gasteiger partial charge in [0.2, 0.25) is 5.88 Å². The monoisotopic (exact) mass is 480 g/mol. The van der Waals surface area contributed by atoms with Crippen LogP contribution in [0, 0.1) is 0 Å². The number of amides is 2. The van der Waals surface area contributed by atoms with Crippen molar-refractivity contribution < 1.29 is 27.4 Å². The van der Waals surface area contributed by atoms with Crippen molar-refractivity contribution in [3.63, 3.8) is 0 Å². The molecule has 2 N–H and O–H groups in total. The molecule has 0 radical (unpaired) electrons. The first kappa shape index (κ1) is 23.6. The largest absolute Gasteiger partial charge is 0.497 e. The van der Waals surface area contributed by atoms with E-state index in [2.05, 4.69) is 20.6 Å². The van der Waals surface area contributed by atoms with Crippen LogP contribution in [0.2, 0.25) is 0 Å². The summed E-state index contributed by atoms with van der Waals surface area (Å²) in [5.41, 5.74) is 1.05. The van der Waals surface area contributed by atoms with Gasteiger partial charge in [0.05, 0.1) is 30.8 Å². The second-order valence-corrected chi connectivity index (χ2v) is 7.26. The van der Waals surface area contributed by atoms with E-state index >= 15 is 0 Å². The van der Waals surface area contributed by atoms with E-state index in [4.69, 9.17) is 9.47 Å². The van der Waals surface area contributed by atoms with Crippen molar-refractivity contribution in [2.24, 2.45) is 0 Å². The molecular weight excluding hydrogens is 461 g/mol. The summed E-state index contributed by atoms with van der Waals surface area (Å²) >= 11 is 0. The number of hydrogen-bond acceptors (Lipinski definition) is 5. The van der Waals surface area contributed by atoms with Gasteiger partial charge in [-0.15, -0.1) is 0 Å². The normalized spacial score (nSPS) is 11.0. The van der Waals surface area contributed by atoms with E-state index in [1.807, 2.05) is 24.3 Å². The van der Waals surface area contributed by atoms with Gasteiger partial charge in [-0.25, -0.2) is 9.78 Å². The molecule has 2 amide bonds. The molecule has 0 saturated carbocycles. The Morgan fingerprint density at radius 1 is 0.857 bits per heavy atom. The van der Waals surface area contributed by atoms with Crippen LogP contribution >= 0.6 is 0 Å². The molecule has 0 bridgehead atoms. The first-order valence-corrected chi connectivity index (χ1v) is 10.3. The Kier molecular flexibility index (Phi) is 6.81. The summed E-state index contributed by atoms with van der Waals surface area (Å²) in [6.07, 6.45) is -1.41. The molecule has 178 valence electrons. The Balaban J connectivity index is 1.37. The Bertz CT molecular complexity index is 1310. The van der Waals surface area contributed by atoms with Crippen LogP contribution in [0.1, 0.15) is 5.56 Å². The van der Waals surface area contributed by atoms with Gasteiger partial charge in [-0.05, 0) is 66.7 Å². The van der Waals surface area contributed by atoms with Crippen molar-refractivity contribution in [1.29, 1.82) is 0 Å². The molecule has 0 spiro atoms. The quantitative estimate of drug-likeness (QED) is 0.325. The van der Waals surface area contributed by atoms with E-state index in [-0.39, 0.29) is 11.6 Å². The zero-order chi connectivity index (χ0) is 24.8. The molecule has 0 aliphatic rings. The fourth-order valence-corrected chi connectivity index (χ4v) is 3.09. The average Bonchev–Trinajstić information content (AvgIpc) is 2.85. The van der Waals surface area contributed by atoms with E-state index in [1.54, 1.807) is 37.6 Å². The molecule has 1 aromatic heterocycles. The third-order valence-electron chi connectivity index (χ3n) is 4.78. The average molecular weight is 480 g/mol. The number of nitrogens with zero attached hydrogens (tertiary/aromatic N) is 2. The van der Waals surface area contributed by atoms with Gasteiger partial charge in [0.15, 0.2) is 0 Å². The molecule has 0 saturated heterocycles. The number of carbonyl (C=O) groups excluding carboxylic acids is 1. The van der Waals surface area contributed by atoms with Crippen LogP contribution in [0.25, 0.3) is 11.3 Å². The molecule has 0 fully saturated rings. The fraction of sp³-hybridized carbons (Fsp3) is 0.0800. The maximum Gasteiger partial charge on any atom is 0.416 e. The molecule has 0 unspecified atom stereocenters. The van der Waals surface area contributed by atoms with Crippen molar-refractivity contribution in [2.75, 3.05) is 17.7 Å². The van der Waals surface area contributed by atoms with Crippen LogP contribution in [0.5, 0.6) is 17.4 Å². The topological polar surface area (TPSA) is 85.4 Å². The maximum absolute atomic E-state index is 12.8. The highest BCUT2D eigenvalue weighted by Crippen LogP contribution is 2.31. The Labute approximate surface area is 198 Å². The molecule has 4 aromatic rings. The number of ether oxygens (including phenoxy) is 2. The summed E-state index contributed by atoms with van der Waals surface area (Å²) in [6, 6.07) is 17.4. The minimum Gasteiger partial charge on any atom is -0.497 e. The number of anilines is 2. The lowest BCUT2D eigenvalue weighted by Gasteiger charge is -2.11. The van der Waals surface area contributed by atoms with E-state index in [0.717, 1.165) is 23.4 Å². The number of alkyl halides is 3. The number of rotatable bonds is 6. The number of nitrogens with one attached hydrogen (secondary N) is 2. The van der Waals surface area contributed by atoms with Crippen molar-refractivity contribution in [2.45, 2.75) is 6.18 Å².